The molecule has 2 aliphatic rings. The second-order valence-electron chi connectivity index (χ2n) is 7.64. The molecule has 2 aromatic carbocycles. The highest BCUT2D eigenvalue weighted by Crippen LogP contribution is 2.29. The van der Waals surface area contributed by atoms with Crippen molar-refractivity contribution >= 4 is 45.2 Å². The number of primary sulfonamides is 1. The lowest BCUT2D eigenvalue weighted by Crippen LogP contribution is -2.21. The molecule has 5 rings (SSSR count). The van der Waals surface area contributed by atoms with Crippen molar-refractivity contribution in [1.29, 1.82) is 0 Å². The summed E-state index contributed by atoms with van der Waals surface area (Å²) in [6, 6.07) is 13.7. The Balaban J connectivity index is 1.41. The highest BCUT2D eigenvalue weighted by Gasteiger charge is 2.30. The molecule has 3 N–H and O–H groups in total. The molecular weight excluding hydrogens is 460 g/mol. The summed E-state index contributed by atoms with van der Waals surface area (Å²) in [5, 5.41) is 12.8. The lowest BCUT2D eigenvalue weighted by Gasteiger charge is -2.11. The molecule has 3 amide bonds. The number of hydrogen-bond acceptors (Lipinski definition) is 7. The molecule has 3 heterocycles. The third-order valence-electron chi connectivity index (χ3n) is 5.41. The number of hydrazone groups is 1. The molecule has 0 bridgehead atoms. The van der Waals surface area contributed by atoms with E-state index in [1.807, 2.05) is 0 Å². The van der Waals surface area contributed by atoms with E-state index in [-0.39, 0.29) is 10.5 Å². The molecule has 10 nitrogen and oxygen atoms in total. The number of nitrogens with one attached hydrogen (secondary N) is 1. The van der Waals surface area contributed by atoms with Crippen molar-refractivity contribution in [2.45, 2.75) is 11.8 Å². The van der Waals surface area contributed by atoms with E-state index in [4.69, 9.17) is 9.56 Å². The Morgan fingerprint density at radius 3 is 2.38 bits per heavy atom. The van der Waals surface area contributed by atoms with Gasteiger partial charge in [0.05, 0.1) is 33.0 Å². The van der Waals surface area contributed by atoms with Crippen molar-refractivity contribution in [1.82, 2.24) is 5.32 Å². The van der Waals surface area contributed by atoms with Gasteiger partial charge in [-0.2, -0.15) is 10.1 Å². The quantitative estimate of drug-likeness (QED) is 0.435. The van der Waals surface area contributed by atoms with E-state index in [0.717, 1.165) is 5.01 Å². The van der Waals surface area contributed by atoms with Crippen molar-refractivity contribution in [2.24, 2.45) is 10.2 Å². The molecule has 34 heavy (non-hydrogen) atoms. The normalized spacial score (nSPS) is 16.8. The zero-order valence-corrected chi connectivity index (χ0v) is 18.4. The molecule has 0 radical (unpaired) electrons. The fourth-order valence-electron chi connectivity index (χ4n) is 3.69. The molecule has 0 saturated carbocycles. The van der Waals surface area contributed by atoms with E-state index in [2.05, 4.69) is 10.4 Å². The molecule has 0 spiro atoms. The first-order chi connectivity index (χ1) is 16.1. The van der Waals surface area contributed by atoms with Crippen molar-refractivity contribution in [3.05, 3.63) is 77.1 Å². The Bertz CT molecular complexity index is 1560. The van der Waals surface area contributed by atoms with Crippen LogP contribution in [0.5, 0.6) is 0 Å². The van der Waals surface area contributed by atoms with Crippen LogP contribution in [0.25, 0.3) is 17.4 Å². The minimum atomic E-state index is -3.85. The van der Waals surface area contributed by atoms with Gasteiger partial charge in [-0.05, 0) is 61.5 Å². The molecule has 11 heteroatoms. The van der Waals surface area contributed by atoms with Gasteiger partial charge in [0.1, 0.15) is 11.5 Å². The van der Waals surface area contributed by atoms with E-state index in [9.17, 15) is 22.8 Å². The van der Waals surface area contributed by atoms with Crippen molar-refractivity contribution in [2.75, 3.05) is 5.01 Å². The van der Waals surface area contributed by atoms with Gasteiger partial charge in [-0.3, -0.25) is 19.7 Å². The Hall–Kier alpha value is -4.35. The molecule has 0 atom stereocenters. The van der Waals surface area contributed by atoms with Gasteiger partial charge >= 0.3 is 0 Å². The minimum Gasteiger partial charge on any atom is -0.457 e. The molecule has 170 valence electrons. The van der Waals surface area contributed by atoms with Gasteiger partial charge in [-0.15, -0.1) is 0 Å². The topological polar surface area (TPSA) is 152 Å². The van der Waals surface area contributed by atoms with Crippen LogP contribution in [0, 0.1) is 0 Å². The van der Waals surface area contributed by atoms with E-state index in [1.54, 1.807) is 43.3 Å². The van der Waals surface area contributed by atoms with Gasteiger partial charge in [-0.1, -0.05) is 6.07 Å². The second kappa shape index (κ2) is 7.61. The predicted octanol–water partition coefficient (Wildman–Crippen LogP) is 2.28. The van der Waals surface area contributed by atoms with Gasteiger partial charge in [0.2, 0.25) is 10.0 Å². The summed E-state index contributed by atoms with van der Waals surface area (Å²) in [4.78, 5) is 36.5. The molecule has 2 aliphatic heterocycles. The first-order valence-corrected chi connectivity index (χ1v) is 11.5. The van der Waals surface area contributed by atoms with Gasteiger partial charge in [0.15, 0.2) is 0 Å². The highest BCUT2D eigenvalue weighted by molar-refractivity contribution is 7.89. The summed E-state index contributed by atoms with van der Waals surface area (Å²) in [6.07, 6.45) is 1.55. The Morgan fingerprint density at radius 1 is 0.971 bits per heavy atom. The number of rotatable bonds is 4. The van der Waals surface area contributed by atoms with Crippen LogP contribution < -0.4 is 15.5 Å². The molecular formula is C23H16N4O6S. The van der Waals surface area contributed by atoms with E-state index in [0.29, 0.717) is 39.6 Å². The minimum absolute atomic E-state index is 0.0733. The van der Waals surface area contributed by atoms with Crippen LogP contribution in [0.3, 0.4) is 0 Å². The fourth-order valence-corrected chi connectivity index (χ4v) is 4.20. The van der Waals surface area contributed by atoms with Gasteiger partial charge in [0.25, 0.3) is 17.7 Å². The maximum atomic E-state index is 13.0. The smallest absolute Gasteiger partial charge is 0.280 e. The zero-order valence-electron chi connectivity index (χ0n) is 17.6. The second-order valence-corrected chi connectivity index (χ2v) is 9.21. The van der Waals surface area contributed by atoms with Gasteiger partial charge in [0, 0.05) is 5.56 Å². The number of nitrogens with zero attached hydrogens (tertiary/aromatic N) is 2. The van der Waals surface area contributed by atoms with Crippen LogP contribution in [0.4, 0.5) is 5.69 Å². The first-order valence-electron chi connectivity index (χ1n) is 9.96. The number of carbonyl (C=O) groups excluding carboxylic acids is 3. The summed E-state index contributed by atoms with van der Waals surface area (Å²) < 4.78 is 28.7. The number of anilines is 1. The van der Waals surface area contributed by atoms with Crippen molar-refractivity contribution in [3.63, 3.8) is 0 Å². The average Bonchev–Trinajstić information content (AvgIpc) is 3.46. The van der Waals surface area contributed by atoms with Crippen LogP contribution in [-0.4, -0.2) is 31.9 Å². The third kappa shape index (κ3) is 3.62. The molecule has 0 saturated heterocycles. The van der Waals surface area contributed by atoms with Crippen LogP contribution in [0.2, 0.25) is 0 Å². The number of furan rings is 1. The number of nitrogens with two attached hydrogens (primary N) is 1. The summed E-state index contributed by atoms with van der Waals surface area (Å²) in [5.74, 6) is -0.463. The maximum absolute atomic E-state index is 13.0. The zero-order chi connectivity index (χ0) is 24.2. The van der Waals surface area contributed by atoms with Crippen molar-refractivity contribution < 1.29 is 27.2 Å². The third-order valence-corrected chi connectivity index (χ3v) is 6.34. The number of imide groups is 1. The first kappa shape index (κ1) is 21.5. The monoisotopic (exact) mass is 476 g/mol. The lowest BCUT2D eigenvalue weighted by atomic mass is 10.0. The van der Waals surface area contributed by atoms with E-state index < -0.39 is 27.7 Å². The van der Waals surface area contributed by atoms with Crippen LogP contribution >= 0.6 is 0 Å². The Morgan fingerprint density at radius 2 is 1.68 bits per heavy atom. The van der Waals surface area contributed by atoms with Crippen LogP contribution in [0.15, 0.2) is 74.6 Å². The van der Waals surface area contributed by atoms with E-state index in [1.165, 1.54) is 24.3 Å². The predicted molar refractivity (Wildman–Crippen MR) is 122 cm³/mol. The molecule has 0 fully saturated rings. The highest BCUT2D eigenvalue weighted by atomic mass is 32.2. The molecule has 1 aromatic heterocycles. The number of hydrogen-bond donors (Lipinski definition) is 2. The SMILES string of the molecule is CC1=NN(c2ccc(S(N)(=O)=O)cc2)C(=O)/C1=C\c1ccc(-c2ccc3c(c2)C(=O)NC3=O)o1. The van der Waals surface area contributed by atoms with E-state index >= 15 is 0 Å². The standard InChI is InChI=1S/C23H16N4O6S/c1-12-18(23(30)27(26-12)14-3-6-16(7-4-14)34(24,31)32)11-15-5-9-20(33-15)13-2-8-17-19(10-13)22(29)25-21(17)28/h2-11H,1H3,(H2,24,31,32)(H,25,28,29)/b18-11-. The lowest BCUT2D eigenvalue weighted by molar-refractivity contribution is -0.114. The summed E-state index contributed by atoms with van der Waals surface area (Å²) >= 11 is 0. The maximum Gasteiger partial charge on any atom is 0.280 e. The summed E-state index contributed by atoms with van der Waals surface area (Å²) in [6.45, 7) is 1.67. The Kier molecular flexibility index (Phi) is 4.81. The summed E-state index contributed by atoms with van der Waals surface area (Å²) in [7, 11) is -3.85. The molecule has 0 unspecified atom stereocenters. The average molecular weight is 476 g/mol. The number of fused-ring (bicyclic) bond motifs is 1. The summed E-state index contributed by atoms with van der Waals surface area (Å²) in [5.41, 5.74) is 2.32. The number of carbonyl (C=O) groups is 3. The number of amides is 3. The van der Waals surface area contributed by atoms with Crippen molar-refractivity contribution in [3.8, 4) is 11.3 Å². The van der Waals surface area contributed by atoms with Crippen LogP contribution in [0.1, 0.15) is 33.4 Å². The molecule has 0 aliphatic carbocycles. The largest absolute Gasteiger partial charge is 0.457 e. The van der Waals surface area contributed by atoms with Gasteiger partial charge < -0.3 is 4.42 Å². The van der Waals surface area contributed by atoms with Gasteiger partial charge in [-0.25, -0.2) is 13.6 Å². The number of benzene rings is 2. The molecule has 3 aromatic rings. The fraction of sp³-hybridized carbons (Fsp3) is 0.0435. The van der Waals surface area contributed by atoms with Crippen LogP contribution in [-0.2, 0) is 14.8 Å². The number of sulfonamides is 1. The Labute approximate surface area is 193 Å².